The Bertz CT molecular complexity index is 649. The molecule has 9 heteroatoms. The molecule has 4 N–H and O–H groups in total. The van der Waals surface area contributed by atoms with Crippen LogP contribution in [0.4, 0.5) is 0 Å². The summed E-state index contributed by atoms with van der Waals surface area (Å²) in [6.07, 6.45) is 4.18. The van der Waals surface area contributed by atoms with Gasteiger partial charge in [0.1, 0.15) is 5.60 Å². The van der Waals surface area contributed by atoms with Gasteiger partial charge in [0.2, 0.25) is 11.5 Å². The second kappa shape index (κ2) is 6.13. The van der Waals surface area contributed by atoms with Crippen LogP contribution in [0, 0.1) is 0 Å². The van der Waals surface area contributed by atoms with Crippen molar-refractivity contribution in [2.24, 2.45) is 0 Å². The maximum atomic E-state index is 12.4. The maximum absolute atomic E-state index is 12.4. The first-order valence-electron chi connectivity index (χ1n) is 5.90. The van der Waals surface area contributed by atoms with Crippen molar-refractivity contribution in [2.75, 3.05) is 0 Å². The molecule has 9 nitrogen and oxygen atoms in total. The molecule has 118 valence electrons. The van der Waals surface area contributed by atoms with Crippen molar-refractivity contribution in [3.8, 4) is 17.2 Å². The second-order valence-electron chi connectivity index (χ2n) is 4.58. The van der Waals surface area contributed by atoms with E-state index < -0.39 is 22.9 Å². The molecule has 0 amide bonds. The monoisotopic (exact) mass is 312 g/mol. The molecule has 0 saturated heterocycles. The molecule has 1 aromatic carbocycles. The summed E-state index contributed by atoms with van der Waals surface area (Å²) in [6.45, 7) is 1.51. The predicted octanol–water partition coefficient (Wildman–Crippen LogP) is 2.17. The van der Waals surface area contributed by atoms with Gasteiger partial charge in [0, 0.05) is 5.57 Å². The van der Waals surface area contributed by atoms with Crippen LogP contribution in [0.2, 0.25) is 0 Å². The first-order chi connectivity index (χ1) is 10.5. The lowest BCUT2D eigenvalue weighted by atomic mass is 10.0. The molecule has 1 aliphatic carbocycles. The van der Waals surface area contributed by atoms with Crippen LogP contribution in [0.5, 0.6) is 17.2 Å². The fraction of sp³-hybridized carbons (Fsp3) is 0.154. The zero-order valence-electron chi connectivity index (χ0n) is 11.2. The lowest BCUT2D eigenvalue weighted by molar-refractivity contribution is -0.287. The number of carbonyl (C=O) groups excluding carboxylic acids is 1. The van der Waals surface area contributed by atoms with E-state index in [-0.39, 0.29) is 16.9 Å². The van der Waals surface area contributed by atoms with E-state index in [1.807, 2.05) is 0 Å². The van der Waals surface area contributed by atoms with Crippen LogP contribution >= 0.6 is 0 Å². The molecule has 0 radical (unpaired) electrons. The molecule has 0 aliphatic heterocycles. The fourth-order valence-corrected chi connectivity index (χ4v) is 1.99. The van der Waals surface area contributed by atoms with E-state index in [0.29, 0.717) is 0 Å². The highest BCUT2D eigenvalue weighted by atomic mass is 17.1. The largest absolute Gasteiger partial charge is 0.336 e. The summed E-state index contributed by atoms with van der Waals surface area (Å²) in [7, 11) is 0. The summed E-state index contributed by atoms with van der Waals surface area (Å²) in [4.78, 5) is 28.6. The molecule has 0 bridgehead atoms. The predicted molar refractivity (Wildman–Crippen MR) is 69.9 cm³/mol. The number of carbonyl (C=O) groups is 1. The Morgan fingerprint density at radius 2 is 1.73 bits per heavy atom. The highest BCUT2D eigenvalue weighted by molar-refractivity contribution is 6.13. The Morgan fingerprint density at radius 1 is 1.05 bits per heavy atom. The third-order valence-corrected chi connectivity index (χ3v) is 3.10. The average Bonchev–Trinajstić information content (AvgIpc) is 2.95. The van der Waals surface area contributed by atoms with Crippen molar-refractivity contribution in [3.63, 3.8) is 0 Å². The van der Waals surface area contributed by atoms with Gasteiger partial charge in [-0.15, -0.1) is 0 Å². The lowest BCUT2D eigenvalue weighted by Gasteiger charge is -2.13. The summed E-state index contributed by atoms with van der Waals surface area (Å²) in [5.74, 6) is -2.17. The molecule has 1 unspecified atom stereocenters. The normalized spacial score (nSPS) is 19.8. The Labute approximate surface area is 123 Å². The van der Waals surface area contributed by atoms with Gasteiger partial charge in [-0.3, -0.25) is 10.1 Å². The summed E-state index contributed by atoms with van der Waals surface area (Å²) < 4.78 is 0. The van der Waals surface area contributed by atoms with Gasteiger partial charge in [-0.1, -0.05) is 6.08 Å². The summed E-state index contributed by atoms with van der Waals surface area (Å²) in [5, 5.41) is 35.1. The smallest absolute Gasteiger partial charge is 0.257 e. The van der Waals surface area contributed by atoms with Gasteiger partial charge in [0.15, 0.2) is 5.78 Å². The van der Waals surface area contributed by atoms with E-state index in [1.54, 1.807) is 0 Å². The number of ketones is 1. The minimum Gasteiger partial charge on any atom is -0.336 e. The quantitative estimate of drug-likeness (QED) is 0.354. The number of benzene rings is 1. The van der Waals surface area contributed by atoms with Crippen LogP contribution < -0.4 is 14.7 Å². The van der Waals surface area contributed by atoms with Gasteiger partial charge >= 0.3 is 0 Å². The number of hydrogen-bond donors (Lipinski definition) is 4. The van der Waals surface area contributed by atoms with Crippen LogP contribution in [0.3, 0.4) is 0 Å². The zero-order chi connectivity index (χ0) is 16.3. The zero-order valence-corrected chi connectivity index (χ0v) is 11.2. The Morgan fingerprint density at radius 3 is 2.23 bits per heavy atom. The number of rotatable bonds is 6. The molecule has 1 aliphatic rings. The molecule has 22 heavy (non-hydrogen) atoms. The minimum atomic E-state index is -1.16. The van der Waals surface area contributed by atoms with Gasteiger partial charge in [-0.25, -0.2) is 20.7 Å². The molecular formula is C13H12O9. The summed E-state index contributed by atoms with van der Waals surface area (Å²) >= 11 is 0. The summed E-state index contributed by atoms with van der Waals surface area (Å²) in [5.41, 5.74) is -1.21. The third-order valence-electron chi connectivity index (χ3n) is 3.10. The second-order valence-corrected chi connectivity index (χ2v) is 4.58. The number of allylic oxidation sites excluding steroid dienone is 2. The maximum Gasteiger partial charge on any atom is 0.257 e. The number of Topliss-reactive ketones (excluding diaryl/α,β-unsaturated/α-hetero) is 1. The van der Waals surface area contributed by atoms with Gasteiger partial charge in [0.05, 0.1) is 5.56 Å². The van der Waals surface area contributed by atoms with Crippen LogP contribution in [-0.4, -0.2) is 32.4 Å². The van der Waals surface area contributed by atoms with E-state index in [4.69, 9.17) is 21.0 Å². The molecule has 0 spiro atoms. The third kappa shape index (κ3) is 2.66. The molecule has 0 fully saturated rings. The first-order valence-corrected chi connectivity index (χ1v) is 5.90. The molecule has 0 heterocycles. The lowest BCUT2D eigenvalue weighted by Crippen LogP contribution is -2.19. The molecule has 0 aromatic heterocycles. The van der Waals surface area contributed by atoms with E-state index in [1.165, 1.54) is 31.2 Å². The van der Waals surface area contributed by atoms with Crippen molar-refractivity contribution >= 4 is 5.78 Å². The van der Waals surface area contributed by atoms with Crippen LogP contribution in [0.15, 0.2) is 35.9 Å². The topological polar surface area (TPSA) is 135 Å². The van der Waals surface area contributed by atoms with Gasteiger partial charge in [-0.2, -0.15) is 0 Å². The molecular weight excluding hydrogens is 300 g/mol. The SMILES string of the molecule is CC1(OO)C=CC(C(=O)c2ccc(OO)c(OO)c2OO)=C1. The van der Waals surface area contributed by atoms with Crippen LogP contribution in [0.25, 0.3) is 0 Å². The van der Waals surface area contributed by atoms with Crippen molar-refractivity contribution in [2.45, 2.75) is 12.5 Å². The van der Waals surface area contributed by atoms with Gasteiger partial charge in [0.25, 0.3) is 5.75 Å². The first kappa shape index (κ1) is 15.9. The average molecular weight is 312 g/mol. The van der Waals surface area contributed by atoms with Crippen molar-refractivity contribution in [3.05, 3.63) is 41.5 Å². The van der Waals surface area contributed by atoms with E-state index in [0.717, 1.165) is 6.07 Å². The summed E-state index contributed by atoms with van der Waals surface area (Å²) in [6, 6.07) is 2.29. The van der Waals surface area contributed by atoms with Crippen molar-refractivity contribution in [1.29, 1.82) is 0 Å². The molecule has 1 atom stereocenters. The van der Waals surface area contributed by atoms with E-state index in [2.05, 4.69) is 19.6 Å². The molecule has 1 aromatic rings. The van der Waals surface area contributed by atoms with Gasteiger partial charge < -0.3 is 14.7 Å². The Hall–Kier alpha value is -2.43. The standard InChI is InChI=1S/C13H12O9/c1-13(22-18)5-4-7(6-13)10(14)8-2-3-9(19-15)12(21-17)11(8)20-16/h2-6,15-18H,1H3. The van der Waals surface area contributed by atoms with Gasteiger partial charge in [-0.05, 0) is 31.2 Å². The highest BCUT2D eigenvalue weighted by Crippen LogP contribution is 2.41. The Kier molecular flexibility index (Phi) is 4.45. The van der Waals surface area contributed by atoms with Crippen molar-refractivity contribution in [1.82, 2.24) is 0 Å². The van der Waals surface area contributed by atoms with Crippen molar-refractivity contribution < 1.29 is 45.4 Å². The van der Waals surface area contributed by atoms with Crippen LogP contribution in [-0.2, 0) is 4.89 Å². The minimum absolute atomic E-state index is 0.136. The van der Waals surface area contributed by atoms with E-state index in [9.17, 15) is 4.79 Å². The fourth-order valence-electron chi connectivity index (χ4n) is 1.99. The van der Waals surface area contributed by atoms with Crippen LogP contribution in [0.1, 0.15) is 17.3 Å². The number of hydrogen-bond acceptors (Lipinski definition) is 9. The van der Waals surface area contributed by atoms with E-state index >= 15 is 0 Å². The highest BCUT2D eigenvalue weighted by Gasteiger charge is 2.30. The molecule has 2 rings (SSSR count). The Balaban J connectivity index is 2.48. The molecule has 0 saturated carbocycles.